The van der Waals surface area contributed by atoms with E-state index in [1.54, 1.807) is 12.4 Å². The topological polar surface area (TPSA) is 90.1 Å². The van der Waals surface area contributed by atoms with Gasteiger partial charge in [-0.15, -0.1) is 36.2 Å². The van der Waals surface area contributed by atoms with Gasteiger partial charge in [-0.05, 0) is 31.9 Å². The number of aromatic nitrogens is 2. The van der Waals surface area contributed by atoms with Gasteiger partial charge in [0.15, 0.2) is 0 Å². The molecule has 0 aromatic carbocycles. The normalized spacial score (nSPS) is 20.2. The second kappa shape index (κ2) is 10.0. The van der Waals surface area contributed by atoms with Gasteiger partial charge in [0, 0.05) is 29.9 Å². The fraction of sp³-hybridized carbons (Fsp3) is 0.438. The maximum absolute atomic E-state index is 12.3. The average molecular weight is 405 g/mol. The zero-order valence-electron chi connectivity index (χ0n) is 13.8. The van der Waals surface area contributed by atoms with E-state index in [9.17, 15) is 4.79 Å². The van der Waals surface area contributed by atoms with Gasteiger partial charge in [0.1, 0.15) is 11.1 Å². The lowest BCUT2D eigenvalue weighted by molar-refractivity contribution is -0.132. The van der Waals surface area contributed by atoms with Gasteiger partial charge in [-0.3, -0.25) is 9.78 Å². The molecule has 1 fully saturated rings. The lowest BCUT2D eigenvalue weighted by atomic mass is 10.2. The summed E-state index contributed by atoms with van der Waals surface area (Å²) < 4.78 is 5.62. The summed E-state index contributed by atoms with van der Waals surface area (Å²) in [5.41, 5.74) is 7.49. The van der Waals surface area contributed by atoms with Gasteiger partial charge in [0.05, 0.1) is 17.8 Å². The number of hydrogen-bond donors (Lipinski definition) is 2. The maximum atomic E-state index is 12.3. The van der Waals surface area contributed by atoms with Crippen molar-refractivity contribution in [2.75, 3.05) is 6.54 Å². The fourth-order valence-corrected chi connectivity index (χ4v) is 3.42. The highest BCUT2D eigenvalue weighted by Gasteiger charge is 2.30. The number of nitrogens with two attached hydrogens (primary N) is 1. The molecule has 0 saturated carbocycles. The van der Waals surface area contributed by atoms with E-state index in [-0.39, 0.29) is 42.9 Å². The van der Waals surface area contributed by atoms with E-state index in [1.807, 2.05) is 24.4 Å². The first kappa shape index (κ1) is 21.8. The van der Waals surface area contributed by atoms with Crippen LogP contribution < -0.4 is 11.1 Å². The molecular weight excluding hydrogens is 383 g/mol. The quantitative estimate of drug-likeness (QED) is 0.799. The Balaban J connectivity index is 0.00000156. The van der Waals surface area contributed by atoms with Crippen molar-refractivity contribution in [2.45, 2.75) is 38.0 Å². The third-order valence-corrected chi connectivity index (χ3v) is 4.92. The summed E-state index contributed by atoms with van der Waals surface area (Å²) in [6.07, 6.45) is 4.65. The van der Waals surface area contributed by atoms with Crippen LogP contribution in [0.3, 0.4) is 0 Å². The molecule has 1 aliphatic heterocycles. The maximum Gasteiger partial charge on any atom is 0.249 e. The number of rotatable bonds is 5. The molecule has 0 aliphatic carbocycles. The summed E-state index contributed by atoms with van der Waals surface area (Å²) in [5, 5.41) is 5.84. The van der Waals surface area contributed by atoms with Crippen LogP contribution in [0.2, 0.25) is 0 Å². The second-order valence-corrected chi connectivity index (χ2v) is 6.49. The van der Waals surface area contributed by atoms with Gasteiger partial charge in [-0.2, -0.15) is 0 Å². The molecule has 0 bridgehead atoms. The third kappa shape index (κ3) is 5.36. The standard InChI is InChI=1S/C16H20N4O2S.2ClH/c1-10(19-15(21)14-3-2-12(8-17)22-14)16-20-13(9-23-16)11-4-6-18-7-5-11;;/h4-7,9-10,12,14H,2-3,8,17H2,1H3,(H,19,21);2*1H/t10?,12-,14+;;/m1../s1. The van der Waals surface area contributed by atoms with Crippen LogP contribution in [0.25, 0.3) is 11.3 Å². The van der Waals surface area contributed by atoms with E-state index in [4.69, 9.17) is 10.5 Å². The van der Waals surface area contributed by atoms with Crippen LogP contribution in [-0.2, 0) is 9.53 Å². The second-order valence-electron chi connectivity index (χ2n) is 5.60. The van der Waals surface area contributed by atoms with E-state index >= 15 is 0 Å². The van der Waals surface area contributed by atoms with Crippen LogP contribution in [0, 0.1) is 0 Å². The van der Waals surface area contributed by atoms with E-state index in [0.717, 1.165) is 29.1 Å². The number of amides is 1. The largest absolute Gasteiger partial charge is 0.364 e. The first-order chi connectivity index (χ1) is 11.2. The molecule has 9 heteroatoms. The minimum atomic E-state index is -0.398. The fourth-order valence-electron chi connectivity index (χ4n) is 2.58. The molecule has 3 atom stereocenters. The third-order valence-electron chi connectivity index (χ3n) is 3.89. The van der Waals surface area contributed by atoms with Gasteiger partial charge < -0.3 is 15.8 Å². The Labute approximate surface area is 163 Å². The molecule has 1 amide bonds. The minimum absolute atomic E-state index is 0. The van der Waals surface area contributed by atoms with E-state index in [1.165, 1.54) is 11.3 Å². The van der Waals surface area contributed by atoms with Crippen molar-refractivity contribution >= 4 is 42.1 Å². The number of hydrogen-bond acceptors (Lipinski definition) is 6. The van der Waals surface area contributed by atoms with Gasteiger partial charge in [-0.25, -0.2) is 4.98 Å². The number of pyridine rings is 1. The Morgan fingerprint density at radius 1 is 1.40 bits per heavy atom. The van der Waals surface area contributed by atoms with Gasteiger partial charge in [0.2, 0.25) is 5.91 Å². The van der Waals surface area contributed by atoms with Crippen molar-refractivity contribution in [2.24, 2.45) is 5.73 Å². The smallest absolute Gasteiger partial charge is 0.249 e. The molecule has 3 rings (SSSR count). The summed E-state index contributed by atoms with van der Waals surface area (Å²) in [6, 6.07) is 3.69. The first-order valence-electron chi connectivity index (χ1n) is 7.69. The number of halogens is 2. The van der Waals surface area contributed by atoms with E-state index < -0.39 is 6.10 Å². The van der Waals surface area contributed by atoms with Crippen LogP contribution >= 0.6 is 36.2 Å². The van der Waals surface area contributed by atoms with Gasteiger partial charge in [-0.1, -0.05) is 0 Å². The van der Waals surface area contributed by atoms with E-state index in [0.29, 0.717) is 6.54 Å². The Bertz CT molecular complexity index is 671. The summed E-state index contributed by atoms with van der Waals surface area (Å²) in [6.45, 7) is 2.39. The summed E-state index contributed by atoms with van der Waals surface area (Å²) >= 11 is 1.54. The van der Waals surface area contributed by atoms with Crippen LogP contribution in [0.4, 0.5) is 0 Å². The number of thiazole rings is 1. The molecule has 25 heavy (non-hydrogen) atoms. The number of nitrogens with one attached hydrogen (secondary N) is 1. The Morgan fingerprint density at radius 2 is 2.12 bits per heavy atom. The molecule has 3 N–H and O–H groups in total. The summed E-state index contributed by atoms with van der Waals surface area (Å²) in [5.74, 6) is -0.0888. The monoisotopic (exact) mass is 404 g/mol. The molecule has 138 valence electrons. The molecule has 0 radical (unpaired) electrons. The van der Waals surface area contributed by atoms with Crippen molar-refractivity contribution in [1.82, 2.24) is 15.3 Å². The zero-order valence-corrected chi connectivity index (χ0v) is 16.2. The van der Waals surface area contributed by atoms with Gasteiger partial charge in [0.25, 0.3) is 0 Å². The van der Waals surface area contributed by atoms with Crippen molar-refractivity contribution in [3.8, 4) is 11.3 Å². The summed E-state index contributed by atoms with van der Waals surface area (Å²) in [4.78, 5) is 20.9. The zero-order chi connectivity index (χ0) is 16.2. The number of carbonyl (C=O) groups excluding carboxylic acids is 1. The molecule has 1 aliphatic rings. The predicted molar refractivity (Wildman–Crippen MR) is 103 cm³/mol. The highest BCUT2D eigenvalue weighted by molar-refractivity contribution is 7.10. The van der Waals surface area contributed by atoms with Crippen LogP contribution in [0.5, 0.6) is 0 Å². The molecular formula is C16H22Cl2N4O2S. The summed E-state index contributed by atoms with van der Waals surface area (Å²) in [7, 11) is 0. The van der Waals surface area contributed by atoms with Crippen LogP contribution in [-0.4, -0.2) is 34.6 Å². The lowest BCUT2D eigenvalue weighted by Crippen LogP contribution is -2.36. The first-order valence-corrected chi connectivity index (χ1v) is 8.57. The highest BCUT2D eigenvalue weighted by atomic mass is 35.5. The Hall–Kier alpha value is -1.25. The number of nitrogens with zero attached hydrogens (tertiary/aromatic N) is 2. The van der Waals surface area contributed by atoms with Crippen molar-refractivity contribution in [3.63, 3.8) is 0 Å². The average Bonchev–Trinajstić information content (AvgIpc) is 3.25. The SMILES string of the molecule is CC(NC(=O)[C@@H]1CC[C@H](CN)O1)c1nc(-c2ccncc2)cs1.Cl.Cl. The van der Waals surface area contributed by atoms with Crippen LogP contribution in [0.1, 0.15) is 30.8 Å². The highest BCUT2D eigenvalue weighted by Crippen LogP contribution is 2.26. The lowest BCUT2D eigenvalue weighted by Gasteiger charge is -2.16. The van der Waals surface area contributed by atoms with E-state index in [2.05, 4.69) is 15.3 Å². The predicted octanol–water partition coefficient (Wildman–Crippen LogP) is 2.73. The van der Waals surface area contributed by atoms with Crippen molar-refractivity contribution in [1.29, 1.82) is 0 Å². The van der Waals surface area contributed by atoms with Crippen molar-refractivity contribution < 1.29 is 9.53 Å². The molecule has 3 heterocycles. The molecule has 6 nitrogen and oxygen atoms in total. The minimum Gasteiger partial charge on any atom is -0.364 e. The molecule has 1 saturated heterocycles. The Morgan fingerprint density at radius 3 is 2.76 bits per heavy atom. The number of ether oxygens (including phenoxy) is 1. The number of carbonyl (C=O) groups is 1. The molecule has 2 aromatic rings. The molecule has 1 unspecified atom stereocenters. The van der Waals surface area contributed by atoms with Gasteiger partial charge >= 0.3 is 0 Å². The molecule has 2 aromatic heterocycles. The molecule has 0 spiro atoms. The van der Waals surface area contributed by atoms with Crippen LogP contribution in [0.15, 0.2) is 29.9 Å². The van der Waals surface area contributed by atoms with Crippen molar-refractivity contribution in [3.05, 3.63) is 34.9 Å². The Kier molecular flexibility index (Phi) is 8.75.